The molecule has 0 atom stereocenters. The minimum absolute atomic E-state index is 0.260. The second-order valence-corrected chi connectivity index (χ2v) is 4.69. The topological polar surface area (TPSA) is 68.0 Å². The lowest BCUT2D eigenvalue weighted by Gasteiger charge is -2.08. The van der Waals surface area contributed by atoms with Crippen LogP contribution in [0.2, 0.25) is 0 Å². The summed E-state index contributed by atoms with van der Waals surface area (Å²) in [6.07, 6.45) is 1.80. The van der Waals surface area contributed by atoms with Crippen molar-refractivity contribution in [3.8, 4) is 0 Å². The van der Waals surface area contributed by atoms with Gasteiger partial charge in [0.2, 0.25) is 0 Å². The van der Waals surface area contributed by atoms with Crippen molar-refractivity contribution in [1.82, 2.24) is 10.3 Å². The number of hydrogen-bond donors (Lipinski definition) is 2. The molecule has 0 saturated heterocycles. The largest absolute Gasteiger partial charge is 0.397 e. The smallest absolute Gasteiger partial charge is 0.253 e. The summed E-state index contributed by atoms with van der Waals surface area (Å²) in [5, 5.41) is 2.68. The van der Waals surface area contributed by atoms with Gasteiger partial charge in [-0.05, 0) is 37.1 Å². The highest BCUT2D eigenvalue weighted by Gasteiger charge is 2.10. The standard InChI is InChI=1S/C15H15F2N3O/c1-9-14(7-13(18)8-20-9)15(21)19-3-2-10-4-11(16)6-12(17)5-10/h4-8H,2-3,18H2,1H3,(H,19,21). The predicted molar refractivity (Wildman–Crippen MR) is 75.8 cm³/mol. The summed E-state index contributed by atoms with van der Waals surface area (Å²) in [5.41, 5.74) is 7.43. The van der Waals surface area contributed by atoms with Gasteiger partial charge in [-0.15, -0.1) is 0 Å². The lowest BCUT2D eigenvalue weighted by Crippen LogP contribution is -2.26. The Labute approximate surface area is 121 Å². The van der Waals surface area contributed by atoms with Gasteiger partial charge in [0.25, 0.3) is 5.91 Å². The van der Waals surface area contributed by atoms with Crippen LogP contribution in [0.5, 0.6) is 0 Å². The van der Waals surface area contributed by atoms with Crippen LogP contribution in [0.25, 0.3) is 0 Å². The van der Waals surface area contributed by atoms with Crippen LogP contribution in [0, 0.1) is 18.6 Å². The van der Waals surface area contributed by atoms with E-state index >= 15 is 0 Å². The maximum absolute atomic E-state index is 13.0. The normalized spacial score (nSPS) is 10.4. The fourth-order valence-electron chi connectivity index (χ4n) is 1.95. The number of carbonyl (C=O) groups excluding carboxylic acids is 1. The number of nitrogens with zero attached hydrogens (tertiary/aromatic N) is 1. The minimum Gasteiger partial charge on any atom is -0.397 e. The first kappa shape index (κ1) is 14.9. The monoisotopic (exact) mass is 291 g/mol. The third kappa shape index (κ3) is 3.98. The molecule has 0 saturated carbocycles. The first-order chi connectivity index (χ1) is 9.95. The molecule has 6 heteroatoms. The number of aryl methyl sites for hydroxylation is 1. The Morgan fingerprint density at radius 3 is 2.57 bits per heavy atom. The first-order valence-electron chi connectivity index (χ1n) is 6.41. The zero-order valence-electron chi connectivity index (χ0n) is 11.5. The molecular formula is C15H15F2N3O. The van der Waals surface area contributed by atoms with Gasteiger partial charge in [-0.3, -0.25) is 9.78 Å². The van der Waals surface area contributed by atoms with E-state index in [1.165, 1.54) is 18.3 Å². The van der Waals surface area contributed by atoms with Gasteiger partial charge in [0.15, 0.2) is 0 Å². The van der Waals surface area contributed by atoms with Crippen molar-refractivity contribution in [3.63, 3.8) is 0 Å². The number of carbonyl (C=O) groups is 1. The molecule has 0 aliphatic rings. The van der Waals surface area contributed by atoms with E-state index in [-0.39, 0.29) is 12.5 Å². The van der Waals surface area contributed by atoms with Crippen LogP contribution in [-0.2, 0) is 6.42 Å². The van der Waals surface area contributed by atoms with E-state index in [1.54, 1.807) is 13.0 Å². The van der Waals surface area contributed by atoms with Gasteiger partial charge in [-0.25, -0.2) is 8.78 Å². The summed E-state index contributed by atoms with van der Waals surface area (Å²) in [4.78, 5) is 16.0. The van der Waals surface area contributed by atoms with E-state index in [9.17, 15) is 13.6 Å². The molecule has 21 heavy (non-hydrogen) atoms. The average molecular weight is 291 g/mol. The van der Waals surface area contributed by atoms with Crippen molar-refractivity contribution in [2.45, 2.75) is 13.3 Å². The van der Waals surface area contributed by atoms with E-state index in [1.807, 2.05) is 0 Å². The van der Waals surface area contributed by atoms with Gasteiger partial charge in [0.05, 0.1) is 23.1 Å². The molecule has 2 aromatic rings. The molecule has 1 amide bonds. The van der Waals surface area contributed by atoms with E-state index < -0.39 is 11.6 Å². The Balaban J connectivity index is 1.96. The lowest BCUT2D eigenvalue weighted by molar-refractivity contribution is 0.0953. The van der Waals surface area contributed by atoms with Gasteiger partial charge in [-0.2, -0.15) is 0 Å². The quantitative estimate of drug-likeness (QED) is 0.907. The summed E-state index contributed by atoms with van der Waals surface area (Å²) >= 11 is 0. The number of anilines is 1. The van der Waals surface area contributed by atoms with Crippen LogP contribution in [0.3, 0.4) is 0 Å². The Bertz CT molecular complexity index is 654. The number of rotatable bonds is 4. The van der Waals surface area contributed by atoms with E-state index in [0.29, 0.717) is 28.9 Å². The number of nitrogens with one attached hydrogen (secondary N) is 1. The Hall–Kier alpha value is -2.50. The number of hydrogen-bond acceptors (Lipinski definition) is 3. The molecule has 0 aliphatic heterocycles. The van der Waals surface area contributed by atoms with Crippen LogP contribution in [-0.4, -0.2) is 17.4 Å². The molecule has 1 heterocycles. The molecule has 4 nitrogen and oxygen atoms in total. The maximum atomic E-state index is 13.0. The fraction of sp³-hybridized carbons (Fsp3) is 0.200. The molecule has 0 spiro atoms. The Kier molecular flexibility index (Phi) is 4.47. The number of benzene rings is 1. The molecule has 110 valence electrons. The number of nitrogen functional groups attached to an aromatic ring is 1. The lowest BCUT2D eigenvalue weighted by atomic mass is 10.1. The van der Waals surface area contributed by atoms with Crippen molar-refractivity contribution in [2.24, 2.45) is 0 Å². The molecule has 3 N–H and O–H groups in total. The maximum Gasteiger partial charge on any atom is 0.253 e. The number of halogens is 2. The minimum atomic E-state index is -0.632. The first-order valence-corrected chi connectivity index (χ1v) is 6.41. The third-order valence-corrected chi connectivity index (χ3v) is 2.97. The van der Waals surface area contributed by atoms with Crippen molar-refractivity contribution in [3.05, 3.63) is 58.9 Å². The fourth-order valence-corrected chi connectivity index (χ4v) is 1.95. The number of amides is 1. The second-order valence-electron chi connectivity index (χ2n) is 4.69. The highest BCUT2D eigenvalue weighted by Crippen LogP contribution is 2.10. The van der Waals surface area contributed by atoms with Crippen LogP contribution < -0.4 is 11.1 Å². The highest BCUT2D eigenvalue weighted by molar-refractivity contribution is 5.95. The molecule has 1 aromatic heterocycles. The van der Waals surface area contributed by atoms with Crippen molar-refractivity contribution in [2.75, 3.05) is 12.3 Å². The van der Waals surface area contributed by atoms with Gasteiger partial charge in [-0.1, -0.05) is 0 Å². The molecule has 0 unspecified atom stereocenters. The zero-order chi connectivity index (χ0) is 15.4. The van der Waals surface area contributed by atoms with Crippen LogP contribution in [0.15, 0.2) is 30.5 Å². The van der Waals surface area contributed by atoms with E-state index in [4.69, 9.17) is 5.73 Å². The van der Waals surface area contributed by atoms with E-state index in [2.05, 4.69) is 10.3 Å². The average Bonchev–Trinajstić information content (AvgIpc) is 2.40. The Morgan fingerprint density at radius 1 is 1.24 bits per heavy atom. The molecule has 1 aromatic carbocycles. The van der Waals surface area contributed by atoms with E-state index in [0.717, 1.165) is 6.07 Å². The summed E-state index contributed by atoms with van der Waals surface area (Å²) in [6.45, 7) is 1.96. The summed E-state index contributed by atoms with van der Waals surface area (Å²) < 4.78 is 26.1. The number of nitrogens with two attached hydrogens (primary N) is 1. The van der Waals surface area contributed by atoms with Crippen molar-refractivity contribution < 1.29 is 13.6 Å². The third-order valence-electron chi connectivity index (χ3n) is 2.97. The SMILES string of the molecule is Cc1ncc(N)cc1C(=O)NCCc1cc(F)cc(F)c1. The van der Waals surface area contributed by atoms with Crippen molar-refractivity contribution in [1.29, 1.82) is 0 Å². The molecule has 0 radical (unpaired) electrons. The molecular weight excluding hydrogens is 276 g/mol. The summed E-state index contributed by atoms with van der Waals surface area (Å²) in [5.74, 6) is -1.58. The second kappa shape index (κ2) is 6.30. The van der Waals surface area contributed by atoms with Gasteiger partial charge in [0.1, 0.15) is 11.6 Å². The van der Waals surface area contributed by atoms with Crippen LogP contribution in [0.4, 0.5) is 14.5 Å². The van der Waals surface area contributed by atoms with Gasteiger partial charge >= 0.3 is 0 Å². The number of pyridine rings is 1. The van der Waals surface area contributed by atoms with Crippen LogP contribution >= 0.6 is 0 Å². The zero-order valence-corrected chi connectivity index (χ0v) is 11.5. The molecule has 0 fully saturated rings. The van der Waals surface area contributed by atoms with Crippen LogP contribution in [0.1, 0.15) is 21.6 Å². The van der Waals surface area contributed by atoms with Gasteiger partial charge < -0.3 is 11.1 Å². The van der Waals surface area contributed by atoms with Crippen molar-refractivity contribution >= 4 is 11.6 Å². The molecule has 2 rings (SSSR count). The van der Waals surface area contributed by atoms with Gasteiger partial charge in [0, 0.05) is 12.6 Å². The summed E-state index contributed by atoms with van der Waals surface area (Å²) in [7, 11) is 0. The molecule has 0 bridgehead atoms. The molecule has 0 aliphatic carbocycles. The Morgan fingerprint density at radius 2 is 1.90 bits per heavy atom. The predicted octanol–water partition coefficient (Wildman–Crippen LogP) is 2.22. The highest BCUT2D eigenvalue weighted by atomic mass is 19.1. The summed E-state index contributed by atoms with van der Waals surface area (Å²) in [6, 6.07) is 4.83. The number of aromatic nitrogens is 1.